The molecule has 0 unspecified atom stereocenters. The van der Waals surface area contributed by atoms with Crippen LogP contribution in [0.25, 0.3) is 10.9 Å². The minimum atomic E-state index is 0.0761. The van der Waals surface area contributed by atoms with Crippen molar-refractivity contribution in [2.45, 2.75) is 17.7 Å². The summed E-state index contributed by atoms with van der Waals surface area (Å²) in [6.07, 6.45) is 3.34. The summed E-state index contributed by atoms with van der Waals surface area (Å²) >= 11 is 1.71. The average Bonchev–Trinajstić information content (AvgIpc) is 2.88. The first-order valence-corrected chi connectivity index (χ1v) is 9.34. The van der Waals surface area contributed by atoms with Gasteiger partial charge in [-0.2, -0.15) is 0 Å². The van der Waals surface area contributed by atoms with E-state index in [4.69, 9.17) is 0 Å². The topological polar surface area (TPSA) is 34.0 Å². The van der Waals surface area contributed by atoms with Gasteiger partial charge in [0.1, 0.15) is 0 Å². The summed E-state index contributed by atoms with van der Waals surface area (Å²) in [6.45, 7) is 0.668. The minimum Gasteiger partial charge on any atom is -0.355 e. The van der Waals surface area contributed by atoms with Gasteiger partial charge in [0.05, 0.1) is 6.42 Å². The number of amides is 1. The Kier molecular flexibility index (Phi) is 5.26. The third kappa shape index (κ3) is 3.49. The molecule has 3 aromatic rings. The van der Waals surface area contributed by atoms with Gasteiger partial charge in [0.25, 0.3) is 0 Å². The van der Waals surface area contributed by atoms with Crippen molar-refractivity contribution in [1.82, 2.24) is 9.88 Å². The fourth-order valence-electron chi connectivity index (χ4n) is 3.04. The summed E-state index contributed by atoms with van der Waals surface area (Å²) < 4.78 is 2.14. The molecule has 1 aromatic heterocycles. The number of rotatable bonds is 6. The number of hydrogen-bond acceptors (Lipinski definition) is 2. The lowest BCUT2D eigenvalue weighted by molar-refractivity contribution is -0.120. The third-order valence-corrected chi connectivity index (χ3v) is 5.15. The molecule has 0 bridgehead atoms. The Hall–Kier alpha value is -2.20. The molecular weight excluding hydrogens is 316 g/mol. The van der Waals surface area contributed by atoms with Crippen molar-refractivity contribution in [3.05, 3.63) is 65.9 Å². The third-order valence-electron chi connectivity index (χ3n) is 4.29. The van der Waals surface area contributed by atoms with Crippen molar-refractivity contribution in [3.63, 3.8) is 0 Å². The van der Waals surface area contributed by atoms with Crippen LogP contribution in [0, 0.1) is 0 Å². The number of fused-ring (bicyclic) bond motifs is 1. The first-order chi connectivity index (χ1) is 11.7. The molecule has 24 heavy (non-hydrogen) atoms. The lowest BCUT2D eigenvalue weighted by Crippen LogP contribution is -2.28. The van der Waals surface area contributed by atoms with Gasteiger partial charge in [0.2, 0.25) is 5.91 Å². The number of aryl methyl sites for hydroxylation is 1. The number of carbonyl (C=O) groups excluding carboxylic acids is 1. The second-order valence-electron chi connectivity index (χ2n) is 5.82. The molecule has 0 aliphatic rings. The molecule has 0 spiro atoms. The molecule has 2 aromatic carbocycles. The largest absolute Gasteiger partial charge is 0.355 e. The SMILES string of the molecule is CSc1c(CC(=O)NCCc2ccccc2)n(C)c2ccccc12. The normalized spacial score (nSPS) is 10.9. The summed E-state index contributed by atoms with van der Waals surface area (Å²) in [5.74, 6) is 0.0761. The first kappa shape index (κ1) is 16.7. The highest BCUT2D eigenvalue weighted by molar-refractivity contribution is 7.98. The Bertz CT molecular complexity index is 839. The molecular formula is C20H22N2OS. The van der Waals surface area contributed by atoms with Crippen molar-refractivity contribution < 1.29 is 4.79 Å². The maximum Gasteiger partial charge on any atom is 0.225 e. The molecule has 3 nitrogen and oxygen atoms in total. The first-order valence-electron chi connectivity index (χ1n) is 8.11. The zero-order chi connectivity index (χ0) is 16.9. The molecule has 0 aliphatic carbocycles. The fraction of sp³-hybridized carbons (Fsp3) is 0.250. The van der Waals surface area contributed by atoms with Gasteiger partial charge in [-0.25, -0.2) is 0 Å². The van der Waals surface area contributed by atoms with Gasteiger partial charge in [-0.1, -0.05) is 48.5 Å². The van der Waals surface area contributed by atoms with E-state index in [0.29, 0.717) is 13.0 Å². The quantitative estimate of drug-likeness (QED) is 0.694. The predicted octanol–water partition coefficient (Wildman–Crippen LogP) is 3.80. The molecule has 0 saturated heterocycles. The minimum absolute atomic E-state index is 0.0761. The fourth-order valence-corrected chi connectivity index (χ4v) is 3.88. The van der Waals surface area contributed by atoms with Gasteiger partial charge >= 0.3 is 0 Å². The maximum atomic E-state index is 12.4. The molecule has 1 heterocycles. The van der Waals surface area contributed by atoms with Crippen molar-refractivity contribution in [1.29, 1.82) is 0 Å². The number of nitrogens with zero attached hydrogens (tertiary/aromatic N) is 1. The van der Waals surface area contributed by atoms with E-state index in [1.54, 1.807) is 11.8 Å². The van der Waals surface area contributed by atoms with Gasteiger partial charge < -0.3 is 9.88 Å². The summed E-state index contributed by atoms with van der Waals surface area (Å²) in [4.78, 5) is 13.6. The zero-order valence-electron chi connectivity index (χ0n) is 14.1. The van der Waals surface area contributed by atoms with E-state index in [1.807, 2.05) is 37.4 Å². The molecule has 4 heteroatoms. The van der Waals surface area contributed by atoms with E-state index in [2.05, 4.69) is 40.4 Å². The Balaban J connectivity index is 1.68. The summed E-state index contributed by atoms with van der Waals surface area (Å²) in [5, 5.41) is 4.26. The number of nitrogens with one attached hydrogen (secondary N) is 1. The Morgan fingerprint density at radius 2 is 1.79 bits per heavy atom. The molecule has 0 radical (unpaired) electrons. The highest BCUT2D eigenvalue weighted by Gasteiger charge is 2.16. The van der Waals surface area contributed by atoms with Gasteiger partial charge in [-0.05, 0) is 24.3 Å². The summed E-state index contributed by atoms with van der Waals surface area (Å²) in [6, 6.07) is 18.5. The molecule has 1 N–H and O–H groups in total. The predicted molar refractivity (Wildman–Crippen MR) is 102 cm³/mol. The zero-order valence-corrected chi connectivity index (χ0v) is 14.9. The van der Waals surface area contributed by atoms with E-state index in [0.717, 1.165) is 12.1 Å². The number of aromatic nitrogens is 1. The van der Waals surface area contributed by atoms with Crippen molar-refractivity contribution in [2.75, 3.05) is 12.8 Å². The Morgan fingerprint density at radius 3 is 2.54 bits per heavy atom. The molecule has 3 rings (SSSR count). The Morgan fingerprint density at radius 1 is 1.08 bits per heavy atom. The van der Waals surface area contributed by atoms with E-state index < -0.39 is 0 Å². The lowest BCUT2D eigenvalue weighted by atomic mass is 10.1. The summed E-state index contributed by atoms with van der Waals surface area (Å²) in [7, 11) is 2.04. The second kappa shape index (κ2) is 7.58. The molecule has 0 atom stereocenters. The van der Waals surface area contributed by atoms with Crippen LogP contribution in [0.2, 0.25) is 0 Å². The van der Waals surface area contributed by atoms with Crippen LogP contribution in [-0.2, 0) is 24.7 Å². The molecule has 1 amide bonds. The van der Waals surface area contributed by atoms with Gasteiger partial charge in [-0.3, -0.25) is 4.79 Å². The van der Waals surface area contributed by atoms with E-state index >= 15 is 0 Å². The number of thioether (sulfide) groups is 1. The monoisotopic (exact) mass is 338 g/mol. The van der Waals surface area contributed by atoms with Crippen LogP contribution in [0.15, 0.2) is 59.5 Å². The van der Waals surface area contributed by atoms with Crippen molar-refractivity contribution in [2.24, 2.45) is 7.05 Å². The van der Waals surface area contributed by atoms with Crippen LogP contribution in [0.3, 0.4) is 0 Å². The van der Waals surface area contributed by atoms with E-state index in [1.165, 1.54) is 21.4 Å². The lowest BCUT2D eigenvalue weighted by Gasteiger charge is -2.08. The van der Waals surface area contributed by atoms with Crippen LogP contribution >= 0.6 is 11.8 Å². The Labute approximate surface area is 147 Å². The molecule has 0 saturated carbocycles. The number of para-hydroxylation sites is 1. The molecule has 0 aliphatic heterocycles. The average molecular weight is 338 g/mol. The second-order valence-corrected chi connectivity index (χ2v) is 6.63. The van der Waals surface area contributed by atoms with E-state index in [-0.39, 0.29) is 5.91 Å². The van der Waals surface area contributed by atoms with Gasteiger partial charge in [-0.15, -0.1) is 11.8 Å². The van der Waals surface area contributed by atoms with Gasteiger partial charge in [0.15, 0.2) is 0 Å². The molecule has 0 fully saturated rings. The van der Waals surface area contributed by atoms with Crippen molar-refractivity contribution >= 4 is 28.6 Å². The number of carbonyl (C=O) groups is 1. The number of hydrogen-bond donors (Lipinski definition) is 1. The van der Waals surface area contributed by atoms with Crippen LogP contribution < -0.4 is 5.32 Å². The van der Waals surface area contributed by atoms with E-state index in [9.17, 15) is 4.79 Å². The van der Waals surface area contributed by atoms with Crippen LogP contribution in [0.5, 0.6) is 0 Å². The highest BCUT2D eigenvalue weighted by atomic mass is 32.2. The van der Waals surface area contributed by atoms with Crippen LogP contribution in [0.4, 0.5) is 0 Å². The molecule has 124 valence electrons. The van der Waals surface area contributed by atoms with Gasteiger partial charge in [0, 0.05) is 35.1 Å². The summed E-state index contributed by atoms with van der Waals surface area (Å²) in [5.41, 5.74) is 3.50. The standard InChI is InChI=1S/C20H22N2OS/c1-22-17-11-7-6-10-16(17)20(24-2)18(22)14-19(23)21-13-12-15-8-4-3-5-9-15/h3-11H,12-14H2,1-2H3,(H,21,23). The van der Waals surface area contributed by atoms with Crippen LogP contribution in [-0.4, -0.2) is 23.3 Å². The van der Waals surface area contributed by atoms with Crippen LogP contribution in [0.1, 0.15) is 11.3 Å². The smallest absolute Gasteiger partial charge is 0.225 e. The van der Waals surface area contributed by atoms with Crippen molar-refractivity contribution in [3.8, 4) is 0 Å². The number of benzene rings is 2. The maximum absolute atomic E-state index is 12.4. The highest BCUT2D eigenvalue weighted by Crippen LogP contribution is 2.32.